The number of nitrogens with two attached hydrogens (primary N) is 1. The van der Waals surface area contributed by atoms with Gasteiger partial charge in [0.15, 0.2) is 0 Å². The van der Waals surface area contributed by atoms with Crippen LogP contribution in [0.1, 0.15) is 28.2 Å². The minimum atomic E-state index is -0.602. The Labute approximate surface area is 133 Å². The standard InChI is InChI=1S/C15H19N5O3/c1-10-8-11(2)19(18-10)7-3-6-17-15(21)12-4-5-13(16)14(9-12)20(22)23/h4-5,8-9H,3,6-7,16H2,1-2H3,(H,17,21). The molecule has 1 heterocycles. The van der Waals surface area contributed by atoms with Gasteiger partial charge in [0.05, 0.1) is 10.6 Å². The lowest BCUT2D eigenvalue weighted by atomic mass is 10.1. The summed E-state index contributed by atoms with van der Waals surface area (Å²) < 4.78 is 1.88. The minimum Gasteiger partial charge on any atom is -0.393 e. The molecule has 0 unspecified atom stereocenters. The van der Waals surface area contributed by atoms with Crippen LogP contribution >= 0.6 is 0 Å². The Bertz CT molecular complexity index is 739. The van der Waals surface area contributed by atoms with Crippen LogP contribution in [-0.4, -0.2) is 27.2 Å². The van der Waals surface area contributed by atoms with Crippen molar-refractivity contribution in [2.24, 2.45) is 0 Å². The number of rotatable bonds is 6. The van der Waals surface area contributed by atoms with E-state index in [0.29, 0.717) is 19.5 Å². The van der Waals surface area contributed by atoms with Gasteiger partial charge in [-0.3, -0.25) is 19.6 Å². The van der Waals surface area contributed by atoms with Gasteiger partial charge in [0, 0.05) is 30.4 Å². The third kappa shape index (κ3) is 4.06. The molecule has 3 N–H and O–H groups in total. The Morgan fingerprint density at radius 3 is 2.74 bits per heavy atom. The van der Waals surface area contributed by atoms with Gasteiger partial charge in [0.25, 0.3) is 11.6 Å². The number of nitro benzene ring substituents is 1. The van der Waals surface area contributed by atoms with Crippen LogP contribution in [0, 0.1) is 24.0 Å². The summed E-state index contributed by atoms with van der Waals surface area (Å²) in [6.45, 7) is 5.06. The SMILES string of the molecule is Cc1cc(C)n(CCCNC(=O)c2ccc(N)c([N+](=O)[O-])c2)n1. The van der Waals surface area contributed by atoms with Crippen molar-refractivity contribution < 1.29 is 9.72 Å². The number of aromatic nitrogens is 2. The molecule has 1 aromatic heterocycles. The molecule has 0 fully saturated rings. The summed E-state index contributed by atoms with van der Waals surface area (Å²) in [6.07, 6.45) is 0.713. The molecule has 1 aromatic carbocycles. The minimum absolute atomic E-state index is 0.0380. The Morgan fingerprint density at radius 2 is 2.13 bits per heavy atom. The summed E-state index contributed by atoms with van der Waals surface area (Å²) >= 11 is 0. The van der Waals surface area contributed by atoms with E-state index < -0.39 is 4.92 Å². The highest BCUT2D eigenvalue weighted by atomic mass is 16.6. The largest absolute Gasteiger partial charge is 0.393 e. The number of hydrogen-bond acceptors (Lipinski definition) is 5. The van der Waals surface area contributed by atoms with Crippen LogP contribution < -0.4 is 11.1 Å². The van der Waals surface area contributed by atoms with Crippen molar-refractivity contribution in [3.8, 4) is 0 Å². The van der Waals surface area contributed by atoms with Gasteiger partial charge in [-0.25, -0.2) is 0 Å². The van der Waals surface area contributed by atoms with E-state index in [4.69, 9.17) is 5.73 Å². The number of nitrogens with zero attached hydrogens (tertiary/aromatic N) is 3. The summed E-state index contributed by atoms with van der Waals surface area (Å²) in [4.78, 5) is 22.2. The van der Waals surface area contributed by atoms with Crippen molar-refractivity contribution in [2.45, 2.75) is 26.8 Å². The molecule has 8 heteroatoms. The Morgan fingerprint density at radius 1 is 1.39 bits per heavy atom. The molecule has 0 aliphatic rings. The number of anilines is 1. The van der Waals surface area contributed by atoms with Crippen molar-refractivity contribution in [3.05, 3.63) is 51.3 Å². The van der Waals surface area contributed by atoms with E-state index >= 15 is 0 Å². The molecular weight excluding hydrogens is 298 g/mol. The molecular formula is C15H19N5O3. The number of nitrogen functional groups attached to an aromatic ring is 1. The molecule has 8 nitrogen and oxygen atoms in total. The van der Waals surface area contributed by atoms with Gasteiger partial charge < -0.3 is 11.1 Å². The van der Waals surface area contributed by atoms with Crippen LogP contribution in [0.4, 0.5) is 11.4 Å². The van der Waals surface area contributed by atoms with E-state index in [-0.39, 0.29) is 22.8 Å². The predicted octanol–water partition coefficient (Wildman–Crippen LogP) is 1.81. The smallest absolute Gasteiger partial charge is 0.292 e. The number of benzene rings is 1. The van der Waals surface area contributed by atoms with Crippen molar-refractivity contribution in [1.29, 1.82) is 0 Å². The second-order valence-corrected chi connectivity index (χ2v) is 5.29. The Balaban J connectivity index is 1.89. The zero-order chi connectivity index (χ0) is 17.0. The molecule has 0 spiro atoms. The van der Waals surface area contributed by atoms with Crippen LogP contribution in [-0.2, 0) is 6.54 Å². The van der Waals surface area contributed by atoms with Crippen molar-refractivity contribution in [2.75, 3.05) is 12.3 Å². The van der Waals surface area contributed by atoms with Crippen LogP contribution in [0.2, 0.25) is 0 Å². The first-order valence-corrected chi connectivity index (χ1v) is 7.21. The third-order valence-corrected chi connectivity index (χ3v) is 3.42. The quantitative estimate of drug-likeness (QED) is 0.365. The topological polar surface area (TPSA) is 116 Å². The average Bonchev–Trinajstić information content (AvgIpc) is 2.81. The monoisotopic (exact) mass is 317 g/mol. The lowest BCUT2D eigenvalue weighted by molar-refractivity contribution is -0.383. The van der Waals surface area contributed by atoms with Gasteiger partial charge in [-0.1, -0.05) is 0 Å². The van der Waals surface area contributed by atoms with E-state index in [1.807, 2.05) is 24.6 Å². The Kier molecular flexibility index (Phi) is 4.95. The number of amides is 1. The summed E-state index contributed by atoms with van der Waals surface area (Å²) in [5.74, 6) is -0.360. The lowest BCUT2D eigenvalue weighted by Crippen LogP contribution is -2.25. The van der Waals surface area contributed by atoms with E-state index in [2.05, 4.69) is 10.4 Å². The zero-order valence-electron chi connectivity index (χ0n) is 13.1. The zero-order valence-corrected chi connectivity index (χ0v) is 13.1. The molecule has 0 bridgehead atoms. The number of carbonyl (C=O) groups excluding carboxylic acids is 1. The second-order valence-electron chi connectivity index (χ2n) is 5.29. The maximum absolute atomic E-state index is 12.0. The highest BCUT2D eigenvalue weighted by molar-refractivity contribution is 5.95. The van der Waals surface area contributed by atoms with Gasteiger partial charge in [0.1, 0.15) is 5.69 Å². The number of hydrogen-bond donors (Lipinski definition) is 2. The number of carbonyl (C=O) groups is 1. The van der Waals surface area contributed by atoms with E-state index in [9.17, 15) is 14.9 Å². The predicted molar refractivity (Wildman–Crippen MR) is 86.2 cm³/mol. The summed E-state index contributed by atoms with van der Waals surface area (Å²) in [6, 6.07) is 6.01. The first-order chi connectivity index (χ1) is 10.9. The van der Waals surface area contributed by atoms with Gasteiger partial charge >= 0.3 is 0 Å². The molecule has 0 saturated heterocycles. The molecule has 2 aromatic rings. The molecule has 0 aliphatic heterocycles. The first kappa shape index (κ1) is 16.5. The van der Waals surface area contributed by atoms with Gasteiger partial charge in [0.2, 0.25) is 0 Å². The second kappa shape index (κ2) is 6.91. The highest BCUT2D eigenvalue weighted by Crippen LogP contribution is 2.22. The fourth-order valence-electron chi connectivity index (χ4n) is 2.28. The molecule has 0 radical (unpaired) electrons. The van der Waals surface area contributed by atoms with Gasteiger partial charge in [-0.15, -0.1) is 0 Å². The maximum atomic E-state index is 12.0. The molecule has 0 atom stereocenters. The van der Waals surface area contributed by atoms with Crippen LogP contribution in [0.15, 0.2) is 24.3 Å². The molecule has 0 saturated carbocycles. The van der Waals surface area contributed by atoms with E-state index in [1.54, 1.807) is 0 Å². The van der Waals surface area contributed by atoms with Gasteiger partial charge in [-0.05, 0) is 38.5 Å². The van der Waals surface area contributed by atoms with Crippen LogP contribution in [0.3, 0.4) is 0 Å². The Hall–Kier alpha value is -2.90. The summed E-state index contributed by atoms with van der Waals surface area (Å²) in [7, 11) is 0. The van der Waals surface area contributed by atoms with E-state index in [1.165, 1.54) is 18.2 Å². The van der Waals surface area contributed by atoms with Crippen LogP contribution in [0.25, 0.3) is 0 Å². The summed E-state index contributed by atoms with van der Waals surface area (Å²) in [5.41, 5.74) is 7.53. The lowest BCUT2D eigenvalue weighted by Gasteiger charge is -2.07. The summed E-state index contributed by atoms with van der Waals surface area (Å²) in [5, 5.41) is 17.9. The normalized spacial score (nSPS) is 10.5. The molecule has 122 valence electrons. The number of nitro groups is 1. The fourth-order valence-corrected chi connectivity index (χ4v) is 2.28. The van der Waals surface area contributed by atoms with Crippen LogP contribution in [0.5, 0.6) is 0 Å². The van der Waals surface area contributed by atoms with Crippen molar-refractivity contribution in [3.63, 3.8) is 0 Å². The average molecular weight is 317 g/mol. The van der Waals surface area contributed by atoms with Crippen molar-refractivity contribution >= 4 is 17.3 Å². The maximum Gasteiger partial charge on any atom is 0.292 e. The number of nitrogens with one attached hydrogen (secondary N) is 1. The molecule has 2 rings (SSSR count). The molecule has 1 amide bonds. The first-order valence-electron chi connectivity index (χ1n) is 7.21. The molecule has 23 heavy (non-hydrogen) atoms. The highest BCUT2D eigenvalue weighted by Gasteiger charge is 2.15. The van der Waals surface area contributed by atoms with Gasteiger partial charge in [-0.2, -0.15) is 5.10 Å². The van der Waals surface area contributed by atoms with E-state index in [0.717, 1.165) is 11.4 Å². The van der Waals surface area contributed by atoms with Crippen molar-refractivity contribution in [1.82, 2.24) is 15.1 Å². The number of aryl methyl sites for hydroxylation is 3. The molecule has 0 aliphatic carbocycles. The third-order valence-electron chi connectivity index (χ3n) is 3.42. The fraction of sp³-hybridized carbons (Fsp3) is 0.333.